The van der Waals surface area contributed by atoms with E-state index < -0.39 is 5.25 Å². The van der Waals surface area contributed by atoms with Gasteiger partial charge in [-0.1, -0.05) is 65.8 Å². The van der Waals surface area contributed by atoms with Gasteiger partial charge < -0.3 is 5.32 Å². The number of thioether (sulfide) groups is 1. The maximum absolute atomic E-state index is 13.5. The number of anilines is 1. The van der Waals surface area contributed by atoms with Crippen LogP contribution in [0.3, 0.4) is 0 Å². The Kier molecular flexibility index (Phi) is 6.89. The van der Waals surface area contributed by atoms with Crippen LogP contribution in [0.5, 0.6) is 0 Å². The van der Waals surface area contributed by atoms with Gasteiger partial charge in [-0.25, -0.2) is 9.40 Å². The Balaban J connectivity index is 1.36. The molecule has 0 unspecified atom stereocenters. The average Bonchev–Trinajstić information content (AvgIpc) is 3.45. The van der Waals surface area contributed by atoms with Gasteiger partial charge in [-0.2, -0.15) is 10.1 Å². The van der Waals surface area contributed by atoms with E-state index in [0.717, 1.165) is 28.1 Å². The number of rotatable bonds is 5. The maximum Gasteiger partial charge on any atom is 0.262 e. The third-order valence-corrected chi connectivity index (χ3v) is 7.45. The molecular formula is C27H22ClFN4O2S. The number of carbonyl (C=O) groups excluding carboxylic acids is 2. The summed E-state index contributed by atoms with van der Waals surface area (Å²) in [7, 11) is 0. The minimum Gasteiger partial charge on any atom is -0.326 e. The Hall–Kier alpha value is -3.49. The van der Waals surface area contributed by atoms with Gasteiger partial charge in [0.15, 0.2) is 5.17 Å². The minimum absolute atomic E-state index is 0.00117. The van der Waals surface area contributed by atoms with E-state index in [0.29, 0.717) is 16.6 Å². The molecule has 2 heterocycles. The van der Waals surface area contributed by atoms with Crippen molar-refractivity contribution in [2.75, 3.05) is 5.32 Å². The van der Waals surface area contributed by atoms with Crippen molar-refractivity contribution in [2.24, 2.45) is 10.1 Å². The second-order valence-corrected chi connectivity index (χ2v) is 10.2. The first-order chi connectivity index (χ1) is 17.4. The highest BCUT2D eigenvalue weighted by atomic mass is 35.5. The normalized spacial score (nSPS) is 19.3. The number of carbonyl (C=O) groups is 2. The summed E-state index contributed by atoms with van der Waals surface area (Å²) < 4.78 is 13.5. The van der Waals surface area contributed by atoms with E-state index in [2.05, 4.69) is 10.3 Å². The number of hydrazone groups is 1. The Labute approximate surface area is 217 Å². The summed E-state index contributed by atoms with van der Waals surface area (Å²) in [5, 5.41) is 9.78. The smallest absolute Gasteiger partial charge is 0.262 e. The quantitative estimate of drug-likeness (QED) is 0.450. The highest BCUT2D eigenvalue weighted by Crippen LogP contribution is 2.39. The third kappa shape index (κ3) is 5.20. The molecule has 0 saturated carbocycles. The number of amides is 2. The van der Waals surface area contributed by atoms with E-state index in [1.165, 1.54) is 23.9 Å². The topological polar surface area (TPSA) is 74.1 Å². The lowest BCUT2D eigenvalue weighted by Gasteiger charge is -2.23. The molecule has 2 amide bonds. The van der Waals surface area contributed by atoms with Crippen molar-refractivity contribution in [3.63, 3.8) is 0 Å². The van der Waals surface area contributed by atoms with E-state index in [-0.39, 0.29) is 30.1 Å². The summed E-state index contributed by atoms with van der Waals surface area (Å²) in [5.41, 5.74) is 4.17. The molecule has 182 valence electrons. The predicted octanol–water partition coefficient (Wildman–Crippen LogP) is 5.97. The first-order valence-electron chi connectivity index (χ1n) is 11.4. The molecule has 0 aromatic heterocycles. The van der Waals surface area contributed by atoms with Crippen molar-refractivity contribution in [1.82, 2.24) is 5.01 Å². The average molecular weight is 521 g/mol. The Morgan fingerprint density at radius 3 is 2.56 bits per heavy atom. The lowest BCUT2D eigenvalue weighted by atomic mass is 9.99. The standard InChI is InChI=1S/C27H22ClFN4O2S/c1-16-4-2-3-5-21(16)30-25(34)15-24-26(35)31-27(36-24)33-23(18-6-10-19(28)11-7-18)14-22(32-33)17-8-12-20(29)13-9-17/h2-13,23-24H,14-15H2,1H3,(H,30,34)/t23-,24+/m1/s1. The van der Waals surface area contributed by atoms with Crippen LogP contribution in [0.2, 0.25) is 5.02 Å². The summed E-state index contributed by atoms with van der Waals surface area (Å²) in [5.74, 6) is -0.940. The van der Waals surface area contributed by atoms with Gasteiger partial charge >= 0.3 is 0 Å². The number of nitrogens with one attached hydrogen (secondary N) is 1. The molecule has 0 spiro atoms. The zero-order valence-electron chi connectivity index (χ0n) is 19.3. The fraction of sp³-hybridized carbons (Fsp3) is 0.185. The van der Waals surface area contributed by atoms with Crippen molar-refractivity contribution in [3.05, 3.63) is 100 Å². The van der Waals surface area contributed by atoms with Crippen LogP contribution >= 0.6 is 23.4 Å². The van der Waals surface area contributed by atoms with Crippen LogP contribution < -0.4 is 5.32 Å². The lowest BCUT2D eigenvalue weighted by Crippen LogP contribution is -2.25. The van der Waals surface area contributed by atoms with Gasteiger partial charge in [0.25, 0.3) is 5.91 Å². The second-order valence-electron chi connectivity index (χ2n) is 8.58. The number of aliphatic imine (C=N–C) groups is 1. The molecule has 0 bridgehead atoms. The molecule has 5 rings (SSSR count). The molecule has 6 nitrogen and oxygen atoms in total. The molecular weight excluding hydrogens is 499 g/mol. The van der Waals surface area contributed by atoms with Crippen LogP contribution in [-0.4, -0.2) is 33.0 Å². The van der Waals surface area contributed by atoms with Gasteiger partial charge in [0.1, 0.15) is 11.1 Å². The summed E-state index contributed by atoms with van der Waals surface area (Å²) in [6.07, 6.45) is 0.540. The number of nitrogens with zero attached hydrogens (tertiary/aromatic N) is 3. The molecule has 0 aliphatic carbocycles. The van der Waals surface area contributed by atoms with E-state index in [1.54, 1.807) is 29.3 Å². The van der Waals surface area contributed by atoms with Gasteiger partial charge in [0, 0.05) is 23.6 Å². The fourth-order valence-electron chi connectivity index (χ4n) is 4.14. The van der Waals surface area contributed by atoms with Gasteiger partial charge in [-0.3, -0.25) is 9.59 Å². The largest absolute Gasteiger partial charge is 0.326 e. The van der Waals surface area contributed by atoms with Gasteiger partial charge in [0.2, 0.25) is 5.91 Å². The van der Waals surface area contributed by atoms with E-state index in [9.17, 15) is 14.0 Å². The first kappa shape index (κ1) is 24.2. The van der Waals surface area contributed by atoms with Crippen LogP contribution in [0.1, 0.15) is 35.6 Å². The minimum atomic E-state index is -0.639. The number of para-hydroxylation sites is 1. The van der Waals surface area contributed by atoms with Crippen LogP contribution in [0, 0.1) is 12.7 Å². The molecule has 3 aromatic carbocycles. The SMILES string of the molecule is Cc1ccccc1NC(=O)C[C@@H]1SC(N2N=C(c3ccc(F)cc3)C[C@@H]2c2ccc(Cl)cc2)=NC1=O. The molecule has 3 aromatic rings. The maximum atomic E-state index is 13.5. The zero-order chi connectivity index (χ0) is 25.2. The molecule has 0 saturated heterocycles. The molecule has 0 fully saturated rings. The highest BCUT2D eigenvalue weighted by Gasteiger charge is 2.39. The molecule has 36 heavy (non-hydrogen) atoms. The zero-order valence-corrected chi connectivity index (χ0v) is 20.9. The molecule has 1 N–H and O–H groups in total. The van der Waals surface area contributed by atoms with E-state index >= 15 is 0 Å². The third-order valence-electron chi connectivity index (χ3n) is 6.06. The number of hydrogen-bond donors (Lipinski definition) is 1. The molecule has 2 aliphatic rings. The van der Waals surface area contributed by atoms with Crippen molar-refractivity contribution in [2.45, 2.75) is 31.1 Å². The molecule has 0 radical (unpaired) electrons. The summed E-state index contributed by atoms with van der Waals surface area (Å²) in [6, 6.07) is 20.9. The van der Waals surface area contributed by atoms with Crippen LogP contribution in [-0.2, 0) is 9.59 Å². The van der Waals surface area contributed by atoms with Crippen LogP contribution in [0.25, 0.3) is 0 Å². The highest BCUT2D eigenvalue weighted by molar-refractivity contribution is 8.15. The number of halogens is 2. The number of aryl methyl sites for hydroxylation is 1. The number of amidine groups is 1. The second kappa shape index (κ2) is 10.2. The van der Waals surface area contributed by atoms with E-state index in [1.807, 2.05) is 43.3 Å². The number of benzene rings is 3. The lowest BCUT2D eigenvalue weighted by molar-refractivity contribution is -0.121. The summed E-state index contributed by atoms with van der Waals surface area (Å²) in [6.45, 7) is 1.91. The monoisotopic (exact) mass is 520 g/mol. The Bertz CT molecular complexity index is 1380. The summed E-state index contributed by atoms with van der Waals surface area (Å²) >= 11 is 7.32. The van der Waals surface area contributed by atoms with Gasteiger partial charge in [-0.05, 0) is 53.9 Å². The van der Waals surface area contributed by atoms with Gasteiger partial charge in [-0.15, -0.1) is 0 Å². The van der Waals surface area contributed by atoms with Crippen molar-refractivity contribution < 1.29 is 14.0 Å². The van der Waals surface area contributed by atoms with Crippen molar-refractivity contribution >= 4 is 51.7 Å². The Morgan fingerprint density at radius 2 is 1.83 bits per heavy atom. The fourth-order valence-corrected chi connectivity index (χ4v) is 5.32. The first-order valence-corrected chi connectivity index (χ1v) is 12.7. The van der Waals surface area contributed by atoms with Gasteiger partial charge in [0.05, 0.1) is 11.8 Å². The molecule has 2 atom stereocenters. The van der Waals surface area contributed by atoms with Crippen molar-refractivity contribution in [3.8, 4) is 0 Å². The summed E-state index contributed by atoms with van der Waals surface area (Å²) in [4.78, 5) is 29.7. The van der Waals surface area contributed by atoms with Crippen LogP contribution in [0.15, 0.2) is 82.9 Å². The van der Waals surface area contributed by atoms with E-state index in [4.69, 9.17) is 16.7 Å². The molecule has 9 heteroatoms. The predicted molar refractivity (Wildman–Crippen MR) is 142 cm³/mol. The van der Waals surface area contributed by atoms with Crippen LogP contribution in [0.4, 0.5) is 10.1 Å². The Morgan fingerprint density at radius 1 is 1.11 bits per heavy atom. The molecule has 2 aliphatic heterocycles. The van der Waals surface area contributed by atoms with Crippen molar-refractivity contribution in [1.29, 1.82) is 0 Å². The number of hydrogen-bond acceptors (Lipinski definition) is 5.